The third-order valence-corrected chi connectivity index (χ3v) is 7.13. The number of rotatable bonds is 10. The summed E-state index contributed by atoms with van der Waals surface area (Å²) in [5.41, 5.74) is -0.486. The van der Waals surface area contributed by atoms with Crippen molar-refractivity contribution in [2.75, 3.05) is 6.61 Å². The first-order valence-corrected chi connectivity index (χ1v) is 13.1. The van der Waals surface area contributed by atoms with Crippen LogP contribution in [0.15, 0.2) is 47.4 Å². The topological polar surface area (TPSA) is 141 Å². The fourth-order valence-electron chi connectivity index (χ4n) is 3.48. The van der Waals surface area contributed by atoms with Crippen LogP contribution in [0.3, 0.4) is 0 Å². The van der Waals surface area contributed by atoms with Crippen molar-refractivity contribution in [3.05, 3.63) is 57.7 Å². The number of nitrogens with zero attached hydrogens (tertiary/aromatic N) is 1. The van der Waals surface area contributed by atoms with Crippen LogP contribution in [0, 0.1) is 10.6 Å². The number of para-hydroxylation sites is 1. The second kappa shape index (κ2) is 11.6. The summed E-state index contributed by atoms with van der Waals surface area (Å²) in [6.07, 6.45) is -1.66. The predicted molar refractivity (Wildman–Crippen MR) is 129 cm³/mol. The first-order chi connectivity index (χ1) is 16.5. The van der Waals surface area contributed by atoms with Gasteiger partial charge in [-0.05, 0) is 39.0 Å². The normalized spacial score (nSPS) is 24.6. The van der Waals surface area contributed by atoms with Gasteiger partial charge in [-0.25, -0.2) is 9.36 Å². The molecule has 0 amide bonds. The number of benzene rings is 1. The number of aromatic nitrogens is 2. The first-order valence-electron chi connectivity index (χ1n) is 11.1. The van der Waals surface area contributed by atoms with Crippen molar-refractivity contribution in [1.29, 1.82) is 0 Å². The van der Waals surface area contributed by atoms with Gasteiger partial charge in [0.25, 0.3) is 0 Å². The van der Waals surface area contributed by atoms with Crippen molar-refractivity contribution in [2.24, 2.45) is 5.92 Å². The molecule has 2 aromatic rings. The van der Waals surface area contributed by atoms with E-state index < -0.39 is 49.8 Å². The van der Waals surface area contributed by atoms with E-state index in [9.17, 15) is 19.3 Å². The lowest BCUT2D eigenvalue weighted by Gasteiger charge is -2.25. The molecule has 3 rings (SSSR count). The smallest absolute Gasteiger partial charge is 0.459 e. The average Bonchev–Trinajstić information content (AvgIpc) is 3.06. The number of H-pyrrole nitrogens is 1. The zero-order chi connectivity index (χ0) is 25.8. The van der Waals surface area contributed by atoms with Crippen LogP contribution >= 0.6 is 20.0 Å². The fraction of sp³-hybridized carbons (Fsp3) is 0.500. The molecule has 0 bridgehead atoms. The number of carbonyl (C=O) groups is 1. The molecule has 0 spiro atoms. The zero-order valence-electron chi connectivity index (χ0n) is 19.8. The van der Waals surface area contributed by atoms with E-state index in [0.717, 1.165) is 0 Å². The van der Waals surface area contributed by atoms with Gasteiger partial charge in [-0.3, -0.25) is 18.9 Å². The molecule has 1 aromatic heterocycles. The number of aliphatic hydroxyl groups excluding tert-OH is 1. The molecule has 1 saturated heterocycles. The fourth-order valence-corrected chi connectivity index (χ4v) is 5.13. The van der Waals surface area contributed by atoms with Gasteiger partial charge >= 0.3 is 19.4 Å². The van der Waals surface area contributed by atoms with Gasteiger partial charge in [-0.2, -0.15) is 5.09 Å². The van der Waals surface area contributed by atoms with Gasteiger partial charge in [0.2, 0.25) is 0 Å². The number of ether oxygens (including phenoxy) is 2. The number of aliphatic hydroxyl groups is 1. The van der Waals surface area contributed by atoms with Crippen LogP contribution in [0.2, 0.25) is 0 Å². The summed E-state index contributed by atoms with van der Waals surface area (Å²) in [7, 11) is -4.13. The summed E-state index contributed by atoms with van der Waals surface area (Å²) < 4.78 is 37.4. The molecule has 13 heteroatoms. The van der Waals surface area contributed by atoms with Crippen LogP contribution < -0.4 is 15.3 Å². The molecule has 3 N–H and O–H groups in total. The Morgan fingerprint density at radius 3 is 2.60 bits per heavy atom. The Morgan fingerprint density at radius 1 is 1.29 bits per heavy atom. The van der Waals surface area contributed by atoms with E-state index in [1.807, 2.05) is 0 Å². The van der Waals surface area contributed by atoms with Gasteiger partial charge in [0.1, 0.15) is 28.8 Å². The largest absolute Gasteiger partial charge is 0.462 e. The maximum absolute atomic E-state index is 13.6. The number of aromatic amines is 1. The third-order valence-electron chi connectivity index (χ3n) is 5.24. The number of esters is 1. The first kappa shape index (κ1) is 27.3. The minimum Gasteiger partial charge on any atom is -0.462 e. The Bertz CT molecular complexity index is 1170. The maximum Gasteiger partial charge on any atom is 0.459 e. The van der Waals surface area contributed by atoms with Gasteiger partial charge in [0.05, 0.1) is 18.8 Å². The Balaban J connectivity index is 1.75. The highest BCUT2D eigenvalue weighted by Crippen LogP contribution is 2.46. The monoisotopic (exact) mass is 527 g/mol. The average molecular weight is 528 g/mol. The molecule has 1 aromatic carbocycles. The minimum atomic E-state index is -4.13. The van der Waals surface area contributed by atoms with Crippen molar-refractivity contribution >= 4 is 25.9 Å². The molecule has 2 heterocycles. The highest BCUT2D eigenvalue weighted by molar-refractivity contribution is 7.71. The SMILES string of the molecule is CC(C)OC(=O)[C@H](C)NP(=O)(OC[C@H]1O[C@@H](n2ccc(=S)[nH]c2=O)C(C)C1O)Oc1ccccc1. The molecule has 1 fully saturated rings. The Hall–Kier alpha value is -2.34. The Labute approximate surface area is 208 Å². The molecule has 35 heavy (non-hydrogen) atoms. The number of hydrogen-bond donors (Lipinski definition) is 3. The molecule has 0 aliphatic carbocycles. The maximum atomic E-state index is 13.6. The van der Waals surface area contributed by atoms with Crippen LogP contribution in [0.25, 0.3) is 0 Å². The van der Waals surface area contributed by atoms with Crippen molar-refractivity contribution in [3.8, 4) is 5.75 Å². The number of carbonyl (C=O) groups excluding carboxylic acids is 1. The molecule has 0 saturated carbocycles. The summed E-state index contributed by atoms with van der Waals surface area (Å²) in [5.74, 6) is -0.877. The molecule has 1 aliphatic rings. The van der Waals surface area contributed by atoms with E-state index in [0.29, 0.717) is 0 Å². The molecule has 1 aliphatic heterocycles. The lowest BCUT2D eigenvalue weighted by molar-refractivity contribution is -0.149. The van der Waals surface area contributed by atoms with E-state index in [1.54, 1.807) is 51.1 Å². The highest BCUT2D eigenvalue weighted by atomic mass is 32.1. The second-order valence-electron chi connectivity index (χ2n) is 8.47. The molecule has 192 valence electrons. The highest BCUT2D eigenvalue weighted by Gasteiger charge is 2.44. The summed E-state index contributed by atoms with van der Waals surface area (Å²) >= 11 is 4.96. The second-order valence-corrected chi connectivity index (χ2v) is 10.6. The van der Waals surface area contributed by atoms with E-state index in [1.165, 1.54) is 23.8 Å². The molecule has 0 radical (unpaired) electrons. The van der Waals surface area contributed by atoms with Crippen molar-refractivity contribution in [2.45, 2.75) is 58.3 Å². The van der Waals surface area contributed by atoms with Crippen LogP contribution in [0.1, 0.15) is 33.9 Å². The van der Waals surface area contributed by atoms with Crippen molar-refractivity contribution in [1.82, 2.24) is 14.6 Å². The molecule has 6 atom stereocenters. The van der Waals surface area contributed by atoms with Crippen molar-refractivity contribution in [3.63, 3.8) is 0 Å². The summed E-state index contributed by atoms with van der Waals surface area (Å²) in [6.45, 7) is 6.24. The van der Waals surface area contributed by atoms with Crippen LogP contribution in [0.5, 0.6) is 5.75 Å². The Kier molecular flexibility index (Phi) is 9.03. The molecule has 3 unspecified atom stereocenters. The minimum absolute atomic E-state index is 0.248. The quantitative estimate of drug-likeness (QED) is 0.240. The van der Waals surface area contributed by atoms with Gasteiger partial charge in [0.15, 0.2) is 0 Å². The predicted octanol–water partition coefficient (Wildman–Crippen LogP) is 2.93. The van der Waals surface area contributed by atoms with Crippen LogP contribution in [0.4, 0.5) is 0 Å². The molecular formula is C22H30N3O8PS. The molecule has 11 nitrogen and oxygen atoms in total. The summed E-state index contributed by atoms with van der Waals surface area (Å²) in [5, 5.41) is 13.3. The van der Waals surface area contributed by atoms with Gasteiger partial charge in [0, 0.05) is 12.1 Å². The van der Waals surface area contributed by atoms with E-state index >= 15 is 0 Å². The van der Waals surface area contributed by atoms with Gasteiger partial charge in [-0.15, -0.1) is 0 Å². The van der Waals surface area contributed by atoms with E-state index in [4.69, 9.17) is 30.7 Å². The van der Waals surface area contributed by atoms with Crippen LogP contribution in [-0.2, 0) is 23.4 Å². The summed E-state index contributed by atoms with van der Waals surface area (Å²) in [6, 6.07) is 8.83. The number of nitrogens with one attached hydrogen (secondary N) is 2. The summed E-state index contributed by atoms with van der Waals surface area (Å²) in [4.78, 5) is 27.1. The Morgan fingerprint density at radius 2 is 1.97 bits per heavy atom. The van der Waals surface area contributed by atoms with E-state index in [-0.39, 0.29) is 23.1 Å². The van der Waals surface area contributed by atoms with Crippen LogP contribution in [-0.4, -0.2) is 51.6 Å². The zero-order valence-corrected chi connectivity index (χ0v) is 21.5. The van der Waals surface area contributed by atoms with Gasteiger partial charge in [-0.1, -0.05) is 37.3 Å². The van der Waals surface area contributed by atoms with E-state index in [2.05, 4.69) is 10.1 Å². The lowest BCUT2D eigenvalue weighted by Crippen LogP contribution is -2.37. The lowest BCUT2D eigenvalue weighted by atomic mass is 10.0. The standard InChI is InChI=1S/C22H30N3O8PS/c1-13(2)31-21(27)15(4)24-34(29,33-16-8-6-5-7-9-16)30-12-17-19(26)14(3)20(32-17)25-11-10-18(35)23-22(25)28/h5-11,13-15,17,19-20,26H,12H2,1-4H3,(H,24,29)(H,23,28,35)/t14?,15-,17+,19?,20+,34?/m0/s1. The van der Waals surface area contributed by atoms with Gasteiger partial charge < -0.3 is 19.1 Å². The van der Waals surface area contributed by atoms with Crippen molar-refractivity contribution < 1.29 is 33.0 Å². The number of hydrogen-bond acceptors (Lipinski definition) is 9. The third kappa shape index (κ3) is 7.09. The molecular weight excluding hydrogens is 497 g/mol.